The highest BCUT2D eigenvalue weighted by Crippen LogP contribution is 2.21. The van der Waals surface area contributed by atoms with E-state index in [1.807, 2.05) is 12.1 Å². The third kappa shape index (κ3) is 3.24. The predicted octanol–water partition coefficient (Wildman–Crippen LogP) is 3.01. The van der Waals surface area contributed by atoms with Crippen molar-refractivity contribution >= 4 is 33.5 Å². The molecule has 2 aromatic rings. The summed E-state index contributed by atoms with van der Waals surface area (Å²) >= 11 is 9.38. The fourth-order valence-corrected chi connectivity index (χ4v) is 2.34. The predicted molar refractivity (Wildman–Crippen MR) is 75.9 cm³/mol. The molecular weight excluding hydrogens is 334 g/mol. The first-order valence-electron chi connectivity index (χ1n) is 5.35. The van der Waals surface area contributed by atoms with Gasteiger partial charge in [0.15, 0.2) is 0 Å². The van der Waals surface area contributed by atoms with Crippen LogP contribution in [-0.2, 0) is 6.54 Å². The van der Waals surface area contributed by atoms with Gasteiger partial charge in [-0.2, -0.15) is 0 Å². The lowest BCUT2D eigenvalue weighted by Crippen LogP contribution is -2.20. The number of hydrogen-bond acceptors (Lipinski definition) is 2. The van der Waals surface area contributed by atoms with E-state index >= 15 is 0 Å². The fraction of sp³-hybridized carbons (Fsp3) is 0.0769. The van der Waals surface area contributed by atoms with Gasteiger partial charge in [-0.3, -0.25) is 4.79 Å². The van der Waals surface area contributed by atoms with Crippen molar-refractivity contribution in [3.05, 3.63) is 67.5 Å². The molecule has 0 amide bonds. The normalized spacial score (nSPS) is 10.4. The highest BCUT2D eigenvalue weighted by Gasteiger charge is 2.07. The molecule has 6 heteroatoms. The molecule has 1 heterocycles. The zero-order valence-corrected chi connectivity index (χ0v) is 12.0. The molecule has 0 unspecified atom stereocenters. The highest BCUT2D eigenvalue weighted by molar-refractivity contribution is 9.10. The Kier molecular flexibility index (Phi) is 4.07. The first-order chi connectivity index (χ1) is 8.97. The van der Waals surface area contributed by atoms with Crippen LogP contribution in [0.1, 0.15) is 15.9 Å². The Balaban J connectivity index is 2.34. The molecule has 1 aromatic carbocycles. The topological polar surface area (TPSA) is 59.3 Å². The Hall–Kier alpha value is -1.59. The lowest BCUT2D eigenvalue weighted by molar-refractivity contribution is 0.0696. The van der Waals surface area contributed by atoms with Gasteiger partial charge in [0.25, 0.3) is 5.56 Å². The molecule has 0 spiro atoms. The maximum atomic E-state index is 11.8. The van der Waals surface area contributed by atoms with Gasteiger partial charge in [-0.05, 0) is 23.8 Å². The van der Waals surface area contributed by atoms with Crippen LogP contribution in [0, 0.1) is 0 Å². The van der Waals surface area contributed by atoms with E-state index in [1.54, 1.807) is 6.07 Å². The molecule has 0 saturated carbocycles. The van der Waals surface area contributed by atoms with Gasteiger partial charge in [0.05, 0.1) is 12.1 Å². The Morgan fingerprint density at radius 3 is 2.63 bits per heavy atom. The largest absolute Gasteiger partial charge is 0.478 e. The summed E-state index contributed by atoms with van der Waals surface area (Å²) in [5, 5.41) is 9.34. The van der Waals surface area contributed by atoms with Crippen LogP contribution < -0.4 is 5.56 Å². The van der Waals surface area contributed by atoms with Crippen molar-refractivity contribution in [2.45, 2.75) is 6.54 Å². The van der Waals surface area contributed by atoms with Crippen molar-refractivity contribution < 1.29 is 9.90 Å². The van der Waals surface area contributed by atoms with Crippen LogP contribution in [0.3, 0.4) is 0 Å². The van der Waals surface area contributed by atoms with Crippen molar-refractivity contribution in [1.29, 1.82) is 0 Å². The molecule has 0 fully saturated rings. The number of halogens is 2. The molecule has 0 aliphatic carbocycles. The van der Waals surface area contributed by atoms with Crippen LogP contribution in [0.4, 0.5) is 0 Å². The minimum Gasteiger partial charge on any atom is -0.478 e. The summed E-state index contributed by atoms with van der Waals surface area (Å²) in [7, 11) is 0. The number of carboxylic acid groups (broad SMARTS) is 1. The van der Waals surface area contributed by atoms with E-state index in [9.17, 15) is 9.59 Å². The van der Waals surface area contributed by atoms with E-state index in [4.69, 9.17) is 16.7 Å². The van der Waals surface area contributed by atoms with Crippen LogP contribution in [0.25, 0.3) is 0 Å². The molecular formula is C13H9BrClNO3. The molecule has 0 bridgehead atoms. The third-order valence-electron chi connectivity index (χ3n) is 2.60. The summed E-state index contributed by atoms with van der Waals surface area (Å²) in [5.41, 5.74) is 0.386. The summed E-state index contributed by atoms with van der Waals surface area (Å²) in [6.45, 7) is 0.296. The molecule has 19 heavy (non-hydrogen) atoms. The van der Waals surface area contributed by atoms with E-state index in [-0.39, 0.29) is 11.1 Å². The van der Waals surface area contributed by atoms with E-state index in [1.165, 1.54) is 16.8 Å². The quantitative estimate of drug-likeness (QED) is 0.933. The number of pyridine rings is 1. The van der Waals surface area contributed by atoms with Crippen molar-refractivity contribution in [2.24, 2.45) is 0 Å². The van der Waals surface area contributed by atoms with Gasteiger partial charge in [0, 0.05) is 21.8 Å². The smallest absolute Gasteiger partial charge is 0.335 e. The van der Waals surface area contributed by atoms with Crippen LogP contribution in [0.5, 0.6) is 0 Å². The van der Waals surface area contributed by atoms with Gasteiger partial charge in [-0.1, -0.05) is 33.6 Å². The minimum absolute atomic E-state index is 0.0249. The molecule has 0 aliphatic rings. The SMILES string of the molecule is O=C(O)c1ccn(Cc2ccc(Br)cc2Cl)c(=O)c1. The maximum Gasteiger partial charge on any atom is 0.335 e. The maximum absolute atomic E-state index is 11.8. The average Bonchev–Trinajstić information content (AvgIpc) is 2.34. The molecule has 0 aliphatic heterocycles. The minimum atomic E-state index is -1.12. The van der Waals surface area contributed by atoms with Crippen LogP contribution in [-0.4, -0.2) is 15.6 Å². The summed E-state index contributed by atoms with van der Waals surface area (Å²) < 4.78 is 2.26. The molecule has 1 aromatic heterocycles. The van der Waals surface area contributed by atoms with Gasteiger partial charge in [0.2, 0.25) is 0 Å². The Labute approximate surface area is 122 Å². The second kappa shape index (κ2) is 5.59. The molecule has 98 valence electrons. The molecule has 0 atom stereocenters. The number of nitrogens with zero attached hydrogens (tertiary/aromatic N) is 1. The standard InChI is InChI=1S/C13H9BrClNO3/c14-10-2-1-9(11(15)6-10)7-16-4-3-8(13(18)19)5-12(16)17/h1-6H,7H2,(H,18,19). The third-order valence-corrected chi connectivity index (χ3v) is 3.44. The number of aromatic nitrogens is 1. The second-order valence-corrected chi connectivity index (χ2v) is 5.25. The van der Waals surface area contributed by atoms with Crippen LogP contribution in [0.2, 0.25) is 5.02 Å². The Bertz CT molecular complexity index is 697. The summed E-state index contributed by atoms with van der Waals surface area (Å²) in [4.78, 5) is 22.5. The summed E-state index contributed by atoms with van der Waals surface area (Å²) in [6, 6.07) is 7.86. The van der Waals surface area contributed by atoms with Crippen LogP contribution in [0.15, 0.2) is 45.8 Å². The van der Waals surface area contributed by atoms with E-state index in [0.29, 0.717) is 11.6 Å². The van der Waals surface area contributed by atoms with Crippen LogP contribution >= 0.6 is 27.5 Å². The van der Waals surface area contributed by atoms with E-state index < -0.39 is 5.97 Å². The number of benzene rings is 1. The van der Waals surface area contributed by atoms with Gasteiger partial charge >= 0.3 is 5.97 Å². The first kappa shape index (κ1) is 13.8. The van der Waals surface area contributed by atoms with Gasteiger partial charge in [0.1, 0.15) is 0 Å². The van der Waals surface area contributed by atoms with Gasteiger partial charge in [-0.15, -0.1) is 0 Å². The number of carbonyl (C=O) groups is 1. The molecule has 0 radical (unpaired) electrons. The van der Waals surface area contributed by atoms with Gasteiger partial charge in [-0.25, -0.2) is 4.79 Å². The average molecular weight is 343 g/mol. The Morgan fingerprint density at radius 2 is 2.05 bits per heavy atom. The van der Waals surface area contributed by atoms with E-state index in [0.717, 1.165) is 16.1 Å². The molecule has 0 saturated heterocycles. The van der Waals surface area contributed by atoms with E-state index in [2.05, 4.69) is 15.9 Å². The zero-order chi connectivity index (χ0) is 14.0. The number of aromatic carboxylic acids is 1. The first-order valence-corrected chi connectivity index (χ1v) is 6.52. The molecule has 2 rings (SSSR count). The lowest BCUT2D eigenvalue weighted by Gasteiger charge is -2.08. The zero-order valence-electron chi connectivity index (χ0n) is 9.64. The van der Waals surface area contributed by atoms with Crippen molar-refractivity contribution in [3.63, 3.8) is 0 Å². The fourth-order valence-electron chi connectivity index (χ4n) is 1.60. The molecule has 1 N–H and O–H groups in total. The van der Waals surface area contributed by atoms with Gasteiger partial charge < -0.3 is 9.67 Å². The van der Waals surface area contributed by atoms with Crippen molar-refractivity contribution in [1.82, 2.24) is 4.57 Å². The number of rotatable bonds is 3. The second-order valence-electron chi connectivity index (χ2n) is 3.92. The highest BCUT2D eigenvalue weighted by atomic mass is 79.9. The Morgan fingerprint density at radius 1 is 1.32 bits per heavy atom. The van der Waals surface area contributed by atoms with Crippen molar-refractivity contribution in [3.8, 4) is 0 Å². The molecule has 4 nitrogen and oxygen atoms in total. The summed E-state index contributed by atoms with van der Waals surface area (Å²) in [6.07, 6.45) is 1.45. The lowest BCUT2D eigenvalue weighted by atomic mass is 10.2. The monoisotopic (exact) mass is 341 g/mol. The van der Waals surface area contributed by atoms with Crippen molar-refractivity contribution in [2.75, 3.05) is 0 Å². The number of hydrogen-bond donors (Lipinski definition) is 1. The number of carboxylic acids is 1. The summed E-state index contributed by atoms with van der Waals surface area (Å²) in [5.74, 6) is -1.12.